The minimum Gasteiger partial charge on any atom is -0.490 e. The zero-order valence-electron chi connectivity index (χ0n) is 21.2. The molecular weight excluding hydrogens is 552 g/mol. The molecule has 0 unspecified atom stereocenters. The van der Waals surface area contributed by atoms with Gasteiger partial charge in [0, 0.05) is 44.2 Å². The van der Waals surface area contributed by atoms with Crippen LogP contribution in [0.5, 0.6) is 11.5 Å². The highest BCUT2D eigenvalue weighted by atomic mass is 19.3. The number of alkyl halides is 4. The van der Waals surface area contributed by atoms with E-state index in [1.54, 1.807) is 12.3 Å². The zero-order valence-corrected chi connectivity index (χ0v) is 21.2. The second-order valence-electron chi connectivity index (χ2n) is 9.41. The molecule has 3 aromatic heterocycles. The van der Waals surface area contributed by atoms with Crippen LogP contribution in [0.15, 0.2) is 43.0 Å². The summed E-state index contributed by atoms with van der Waals surface area (Å²) in [5, 5.41) is 14.2. The largest absolute Gasteiger partial charge is 0.490 e. The summed E-state index contributed by atoms with van der Waals surface area (Å²) >= 11 is 0. The molecular formula is C25H22F4N8O4. The molecule has 16 heteroatoms. The minimum absolute atomic E-state index is 0.0186. The zero-order chi connectivity index (χ0) is 28.7. The van der Waals surface area contributed by atoms with Crippen molar-refractivity contribution in [3.63, 3.8) is 0 Å². The van der Waals surface area contributed by atoms with Crippen LogP contribution >= 0.6 is 0 Å². The SMILES string of the molecule is O=C(Nc1cn(CC(=O)N2CCC(F)(F)C2)nc1-c1cc2c(cc1OC(F)F)NCCO2)c1cnn2cccnc12. The molecule has 1 fully saturated rings. The van der Waals surface area contributed by atoms with E-state index in [0.717, 1.165) is 9.58 Å². The number of aromatic nitrogens is 5. The van der Waals surface area contributed by atoms with Crippen LogP contribution in [0, 0.1) is 0 Å². The third-order valence-corrected chi connectivity index (χ3v) is 6.58. The maximum absolute atomic E-state index is 13.7. The lowest BCUT2D eigenvalue weighted by atomic mass is 10.1. The second-order valence-corrected chi connectivity index (χ2v) is 9.41. The molecule has 2 amide bonds. The normalized spacial score (nSPS) is 15.9. The van der Waals surface area contributed by atoms with Gasteiger partial charge in [-0.25, -0.2) is 18.3 Å². The van der Waals surface area contributed by atoms with E-state index < -0.39 is 43.9 Å². The van der Waals surface area contributed by atoms with Gasteiger partial charge in [-0.05, 0) is 12.1 Å². The Bertz CT molecular complexity index is 1640. The number of benzene rings is 1. The molecule has 41 heavy (non-hydrogen) atoms. The Hall–Kier alpha value is -4.89. The number of amides is 2. The molecule has 0 aliphatic carbocycles. The van der Waals surface area contributed by atoms with Gasteiger partial charge in [-0.3, -0.25) is 14.3 Å². The van der Waals surface area contributed by atoms with Gasteiger partial charge >= 0.3 is 6.61 Å². The molecule has 0 saturated carbocycles. The number of carbonyl (C=O) groups excluding carboxylic acids is 2. The average molecular weight is 574 g/mol. The van der Waals surface area contributed by atoms with Gasteiger partial charge in [-0.15, -0.1) is 0 Å². The molecule has 2 aliphatic heterocycles. The van der Waals surface area contributed by atoms with Crippen LogP contribution in [-0.2, 0) is 11.3 Å². The molecule has 6 rings (SSSR count). The van der Waals surface area contributed by atoms with Crippen molar-refractivity contribution in [1.29, 1.82) is 0 Å². The molecule has 0 spiro atoms. The first kappa shape index (κ1) is 26.3. The number of nitrogens with zero attached hydrogens (tertiary/aromatic N) is 6. The van der Waals surface area contributed by atoms with Gasteiger partial charge in [0.15, 0.2) is 5.65 Å². The Kier molecular flexibility index (Phi) is 6.59. The van der Waals surface area contributed by atoms with Crippen LogP contribution in [0.3, 0.4) is 0 Å². The van der Waals surface area contributed by atoms with Crippen molar-refractivity contribution < 1.29 is 36.6 Å². The molecule has 214 valence electrons. The molecule has 4 aromatic rings. The highest BCUT2D eigenvalue weighted by molar-refractivity contribution is 6.09. The van der Waals surface area contributed by atoms with E-state index in [1.165, 1.54) is 35.2 Å². The number of ether oxygens (including phenoxy) is 2. The molecule has 1 aromatic carbocycles. The maximum atomic E-state index is 13.7. The minimum atomic E-state index is -3.18. The molecule has 12 nitrogen and oxygen atoms in total. The van der Waals surface area contributed by atoms with Crippen LogP contribution in [0.1, 0.15) is 16.8 Å². The van der Waals surface area contributed by atoms with Crippen LogP contribution < -0.4 is 20.1 Å². The Balaban J connectivity index is 1.39. The molecule has 0 atom stereocenters. The molecule has 5 heterocycles. The van der Waals surface area contributed by atoms with Crippen molar-refractivity contribution in [3.05, 3.63) is 48.5 Å². The summed E-state index contributed by atoms with van der Waals surface area (Å²) in [4.78, 5) is 31.3. The van der Waals surface area contributed by atoms with Gasteiger partial charge in [0.25, 0.3) is 11.8 Å². The lowest BCUT2D eigenvalue weighted by Crippen LogP contribution is -2.34. The Morgan fingerprint density at radius 3 is 2.90 bits per heavy atom. The van der Waals surface area contributed by atoms with E-state index in [2.05, 4.69) is 25.8 Å². The predicted molar refractivity (Wildman–Crippen MR) is 135 cm³/mol. The summed E-state index contributed by atoms with van der Waals surface area (Å²) in [6.45, 7) is -3.69. The first-order valence-corrected chi connectivity index (χ1v) is 12.5. The number of anilines is 2. The van der Waals surface area contributed by atoms with Crippen LogP contribution in [-0.4, -0.2) is 79.9 Å². The summed E-state index contributed by atoms with van der Waals surface area (Å²) in [5.74, 6) is -4.17. The predicted octanol–water partition coefficient (Wildman–Crippen LogP) is 3.12. The topological polar surface area (TPSA) is 128 Å². The summed E-state index contributed by atoms with van der Waals surface area (Å²) in [5.41, 5.74) is 0.853. The number of hydrogen-bond acceptors (Lipinski definition) is 8. The van der Waals surface area contributed by atoms with E-state index in [-0.39, 0.29) is 40.4 Å². The van der Waals surface area contributed by atoms with E-state index in [0.29, 0.717) is 24.6 Å². The first-order chi connectivity index (χ1) is 19.7. The molecule has 1 saturated heterocycles. The van der Waals surface area contributed by atoms with Crippen molar-refractivity contribution in [2.24, 2.45) is 0 Å². The lowest BCUT2D eigenvalue weighted by Gasteiger charge is -2.21. The summed E-state index contributed by atoms with van der Waals surface area (Å²) in [7, 11) is 0. The van der Waals surface area contributed by atoms with E-state index in [1.807, 2.05) is 0 Å². The van der Waals surface area contributed by atoms with Gasteiger partial charge in [-0.2, -0.15) is 19.0 Å². The number of fused-ring (bicyclic) bond motifs is 2. The summed E-state index contributed by atoms with van der Waals surface area (Å²) in [6.07, 6.45) is 5.26. The fraction of sp³-hybridized carbons (Fsp3) is 0.320. The lowest BCUT2D eigenvalue weighted by molar-refractivity contribution is -0.132. The highest BCUT2D eigenvalue weighted by Gasteiger charge is 2.40. The quantitative estimate of drug-likeness (QED) is 0.323. The van der Waals surface area contributed by atoms with Gasteiger partial charge in [-0.1, -0.05) is 0 Å². The fourth-order valence-electron chi connectivity index (χ4n) is 4.70. The van der Waals surface area contributed by atoms with Crippen molar-refractivity contribution in [3.8, 4) is 22.8 Å². The Labute approximate surface area is 228 Å². The van der Waals surface area contributed by atoms with E-state index >= 15 is 0 Å². The smallest absolute Gasteiger partial charge is 0.387 e. The van der Waals surface area contributed by atoms with Crippen LogP contribution in [0.25, 0.3) is 16.9 Å². The van der Waals surface area contributed by atoms with Gasteiger partial charge < -0.3 is 25.0 Å². The monoisotopic (exact) mass is 574 g/mol. The average Bonchev–Trinajstić information content (AvgIpc) is 3.64. The standard InChI is InChI=1S/C25H22F4N8O4/c26-24(27)41-18-9-16-19(40-7-4-30-16)8-14(18)21-17(33-23(39)15-10-32-37-5-1-3-31-22(15)37)11-36(34-21)12-20(38)35-6-2-25(28,29)13-35/h1,3,5,8-11,24,30H,2,4,6-7,12-13H2,(H,33,39). The van der Waals surface area contributed by atoms with Crippen molar-refractivity contribution in [2.75, 3.05) is 36.9 Å². The number of rotatable bonds is 7. The summed E-state index contributed by atoms with van der Waals surface area (Å²) in [6, 6.07) is 4.39. The number of carbonyl (C=O) groups is 2. The highest BCUT2D eigenvalue weighted by Crippen LogP contribution is 2.42. The van der Waals surface area contributed by atoms with E-state index in [4.69, 9.17) is 9.47 Å². The number of likely N-dealkylation sites (tertiary alicyclic amines) is 1. The van der Waals surface area contributed by atoms with E-state index in [9.17, 15) is 27.2 Å². The summed E-state index contributed by atoms with van der Waals surface area (Å²) < 4.78 is 67.2. The maximum Gasteiger partial charge on any atom is 0.387 e. The number of hydrogen-bond donors (Lipinski definition) is 2. The number of nitrogens with one attached hydrogen (secondary N) is 2. The van der Waals surface area contributed by atoms with Crippen molar-refractivity contribution >= 4 is 28.8 Å². The second kappa shape index (κ2) is 10.3. The van der Waals surface area contributed by atoms with Crippen molar-refractivity contribution in [1.82, 2.24) is 29.3 Å². The van der Waals surface area contributed by atoms with Gasteiger partial charge in [0.2, 0.25) is 5.91 Å². The first-order valence-electron chi connectivity index (χ1n) is 12.5. The van der Waals surface area contributed by atoms with Crippen molar-refractivity contribution in [2.45, 2.75) is 25.5 Å². The van der Waals surface area contributed by atoms with Gasteiger partial charge in [0.05, 0.1) is 29.7 Å². The third-order valence-electron chi connectivity index (χ3n) is 6.58. The number of halogens is 4. The molecule has 2 N–H and O–H groups in total. The fourth-order valence-corrected chi connectivity index (χ4v) is 4.70. The Morgan fingerprint density at radius 2 is 2.12 bits per heavy atom. The molecule has 0 bridgehead atoms. The van der Waals surface area contributed by atoms with Crippen LogP contribution in [0.4, 0.5) is 28.9 Å². The third kappa shape index (κ3) is 5.31. The molecule has 0 radical (unpaired) electrons. The van der Waals surface area contributed by atoms with Gasteiger partial charge in [0.1, 0.15) is 35.9 Å². The molecule has 2 aliphatic rings. The van der Waals surface area contributed by atoms with Crippen LogP contribution in [0.2, 0.25) is 0 Å². The Morgan fingerprint density at radius 1 is 1.27 bits per heavy atom.